The van der Waals surface area contributed by atoms with Crippen molar-refractivity contribution in [2.75, 3.05) is 12.8 Å². The van der Waals surface area contributed by atoms with Gasteiger partial charge >= 0.3 is 0 Å². The number of hydrogen-bond donors (Lipinski definition) is 0. The molecule has 0 unspecified atom stereocenters. The molecule has 26 heavy (non-hydrogen) atoms. The number of carbonyl (C=O) groups excluding carboxylic acids is 1. The molecule has 0 fully saturated rings. The van der Waals surface area contributed by atoms with Gasteiger partial charge < -0.3 is 0 Å². The smallest absolute Gasteiger partial charge is 0.268 e. The first-order valence-electron chi connectivity index (χ1n) is 7.47. The van der Waals surface area contributed by atoms with Crippen LogP contribution in [-0.4, -0.2) is 49.6 Å². The van der Waals surface area contributed by atoms with Gasteiger partial charge in [0.25, 0.3) is 15.9 Å². The molecule has 0 radical (unpaired) electrons. The Balaban J connectivity index is 2.49. The summed E-state index contributed by atoms with van der Waals surface area (Å²) in [6.07, 6.45) is 1.04. The zero-order valence-corrected chi connectivity index (χ0v) is 17.0. The number of benzene rings is 1. The Hall–Kier alpha value is -1.91. The number of sulfonamides is 1. The first kappa shape index (κ1) is 20.4. The minimum Gasteiger partial charge on any atom is -0.268 e. The maximum absolute atomic E-state index is 12.9. The van der Waals surface area contributed by atoms with Crippen LogP contribution in [-0.2, 0) is 26.9 Å². The molecule has 0 saturated heterocycles. The summed E-state index contributed by atoms with van der Waals surface area (Å²) in [5.41, 5.74) is 0.219. The molecule has 0 N–H and O–H groups in total. The van der Waals surface area contributed by atoms with Gasteiger partial charge in [-0.25, -0.2) is 21.1 Å². The van der Waals surface area contributed by atoms with Crippen molar-refractivity contribution >= 4 is 37.4 Å². The number of aryl methyl sites for hydroxylation is 2. The van der Waals surface area contributed by atoms with Gasteiger partial charge in [0.15, 0.2) is 9.84 Å². The van der Waals surface area contributed by atoms with Crippen LogP contribution in [0.4, 0.5) is 0 Å². The van der Waals surface area contributed by atoms with Crippen molar-refractivity contribution in [3.8, 4) is 0 Å². The van der Waals surface area contributed by atoms with E-state index in [4.69, 9.17) is 11.6 Å². The number of rotatable bonds is 5. The molecule has 1 amide bonds. The molecule has 1 aromatic carbocycles. The fourth-order valence-electron chi connectivity index (χ4n) is 2.43. The largest absolute Gasteiger partial charge is 0.271 e. The summed E-state index contributed by atoms with van der Waals surface area (Å²) in [7, 11) is -6.15. The predicted octanol–water partition coefficient (Wildman–Crippen LogP) is 1.64. The fraction of sp³-hybridized carbons (Fsp3) is 0.333. The summed E-state index contributed by atoms with van der Waals surface area (Å²) < 4.78 is 50.8. The molecule has 0 spiro atoms. The van der Waals surface area contributed by atoms with Crippen molar-refractivity contribution in [3.05, 3.63) is 40.7 Å². The highest BCUT2D eigenvalue weighted by atomic mass is 35.5. The van der Waals surface area contributed by atoms with Gasteiger partial charge in [-0.05, 0) is 38.1 Å². The number of sulfone groups is 1. The van der Waals surface area contributed by atoms with Crippen LogP contribution in [0.25, 0.3) is 0 Å². The van der Waals surface area contributed by atoms with Crippen molar-refractivity contribution in [2.24, 2.45) is 7.05 Å². The lowest BCUT2D eigenvalue weighted by molar-refractivity contribution is 0.0866. The van der Waals surface area contributed by atoms with E-state index in [-0.39, 0.29) is 32.7 Å². The Morgan fingerprint density at radius 3 is 2.12 bits per heavy atom. The average molecular weight is 420 g/mol. The number of aromatic nitrogens is 2. The zero-order valence-electron chi connectivity index (χ0n) is 14.6. The molecule has 1 aromatic heterocycles. The Morgan fingerprint density at radius 1 is 1.19 bits per heavy atom. The molecular weight excluding hydrogens is 402 g/mol. The molecule has 0 aliphatic heterocycles. The minimum atomic E-state index is -4.23. The van der Waals surface area contributed by atoms with Gasteiger partial charge in [-0.3, -0.25) is 9.48 Å². The summed E-state index contributed by atoms with van der Waals surface area (Å²) in [5, 5.41) is 3.87. The van der Waals surface area contributed by atoms with Gasteiger partial charge in [-0.1, -0.05) is 11.6 Å². The molecule has 2 aromatic rings. The first-order chi connectivity index (χ1) is 11.9. The summed E-state index contributed by atoms with van der Waals surface area (Å²) >= 11 is 6.04. The maximum Gasteiger partial charge on any atom is 0.271 e. The van der Waals surface area contributed by atoms with Gasteiger partial charge in [0.2, 0.25) is 0 Å². The SMILES string of the molecule is CCN(C(=O)c1ccc(S(C)(=O)=O)cc1)S(=O)(=O)c1c(C)nn(C)c1Cl. The molecule has 0 bridgehead atoms. The Labute approximate surface area is 157 Å². The van der Waals surface area contributed by atoms with Crippen LogP contribution in [0.1, 0.15) is 23.0 Å². The van der Waals surface area contributed by atoms with E-state index in [0.717, 1.165) is 6.26 Å². The third kappa shape index (κ3) is 3.62. The first-order valence-corrected chi connectivity index (χ1v) is 11.2. The number of nitrogens with zero attached hydrogens (tertiary/aromatic N) is 3. The van der Waals surface area contributed by atoms with Crippen LogP contribution < -0.4 is 0 Å². The zero-order chi connectivity index (χ0) is 19.9. The van der Waals surface area contributed by atoms with Crippen molar-refractivity contribution in [1.82, 2.24) is 14.1 Å². The van der Waals surface area contributed by atoms with E-state index in [2.05, 4.69) is 5.10 Å². The van der Waals surface area contributed by atoms with Crippen molar-refractivity contribution in [3.63, 3.8) is 0 Å². The van der Waals surface area contributed by atoms with Crippen molar-refractivity contribution in [1.29, 1.82) is 0 Å². The third-order valence-electron chi connectivity index (χ3n) is 3.69. The Morgan fingerprint density at radius 2 is 1.73 bits per heavy atom. The predicted molar refractivity (Wildman–Crippen MR) is 96.4 cm³/mol. The van der Waals surface area contributed by atoms with Crippen LogP contribution in [0.2, 0.25) is 5.15 Å². The lowest BCUT2D eigenvalue weighted by atomic mass is 10.2. The van der Waals surface area contributed by atoms with Gasteiger partial charge in [0.1, 0.15) is 10.0 Å². The second-order valence-electron chi connectivity index (χ2n) is 5.60. The van der Waals surface area contributed by atoms with Crippen LogP contribution in [0.3, 0.4) is 0 Å². The average Bonchev–Trinajstić information content (AvgIpc) is 2.80. The molecule has 0 saturated carbocycles. The Bertz CT molecular complexity index is 1060. The number of amides is 1. The van der Waals surface area contributed by atoms with E-state index in [1.807, 2.05) is 0 Å². The monoisotopic (exact) mass is 419 g/mol. The van der Waals surface area contributed by atoms with Gasteiger partial charge in [0.05, 0.1) is 10.6 Å². The third-order valence-corrected chi connectivity index (χ3v) is 7.37. The van der Waals surface area contributed by atoms with Gasteiger partial charge in [-0.2, -0.15) is 5.10 Å². The highest BCUT2D eigenvalue weighted by molar-refractivity contribution is 7.90. The van der Waals surface area contributed by atoms with Crippen LogP contribution >= 0.6 is 11.6 Å². The second-order valence-corrected chi connectivity index (χ2v) is 9.77. The van der Waals surface area contributed by atoms with Crippen LogP contribution in [0.5, 0.6) is 0 Å². The van der Waals surface area contributed by atoms with Gasteiger partial charge in [0, 0.05) is 25.4 Å². The number of hydrogen-bond acceptors (Lipinski definition) is 6. The summed E-state index contributed by atoms with van der Waals surface area (Å²) in [6, 6.07) is 5.06. The van der Waals surface area contributed by atoms with E-state index in [9.17, 15) is 21.6 Å². The lowest BCUT2D eigenvalue weighted by Crippen LogP contribution is -2.37. The normalized spacial score (nSPS) is 12.2. The summed E-state index contributed by atoms with van der Waals surface area (Å²) in [6.45, 7) is 2.87. The molecule has 8 nitrogen and oxygen atoms in total. The van der Waals surface area contributed by atoms with E-state index in [1.165, 1.54) is 49.8 Å². The van der Waals surface area contributed by atoms with Crippen molar-refractivity contribution < 1.29 is 21.6 Å². The Kier molecular flexibility index (Phi) is 5.50. The van der Waals surface area contributed by atoms with Crippen LogP contribution in [0.15, 0.2) is 34.1 Å². The summed E-state index contributed by atoms with van der Waals surface area (Å²) in [5.74, 6) is -0.785. The molecule has 0 aliphatic rings. The maximum atomic E-state index is 12.9. The topological polar surface area (TPSA) is 106 Å². The molecule has 0 aliphatic carbocycles. The molecule has 11 heteroatoms. The van der Waals surface area contributed by atoms with E-state index < -0.39 is 25.8 Å². The highest BCUT2D eigenvalue weighted by Crippen LogP contribution is 2.28. The number of carbonyl (C=O) groups is 1. The fourth-order valence-corrected chi connectivity index (χ4v) is 5.17. The quantitative estimate of drug-likeness (QED) is 0.729. The number of halogens is 1. The lowest BCUT2D eigenvalue weighted by Gasteiger charge is -2.21. The second kappa shape index (κ2) is 7.01. The van der Waals surface area contributed by atoms with Crippen molar-refractivity contribution in [2.45, 2.75) is 23.6 Å². The minimum absolute atomic E-state index is 0.0334. The van der Waals surface area contributed by atoms with Crippen LogP contribution in [0, 0.1) is 6.92 Å². The molecule has 2 rings (SSSR count). The molecule has 0 atom stereocenters. The van der Waals surface area contributed by atoms with E-state index in [1.54, 1.807) is 0 Å². The molecule has 142 valence electrons. The highest BCUT2D eigenvalue weighted by Gasteiger charge is 2.34. The standard InChI is InChI=1S/C15H18ClN3O5S2/c1-5-19(26(23,24)13-10(2)17-18(3)14(13)16)15(20)11-6-8-12(9-7-11)25(4,21)22/h6-9H,5H2,1-4H3. The van der Waals surface area contributed by atoms with E-state index in [0.29, 0.717) is 4.31 Å². The molecule has 1 heterocycles. The van der Waals surface area contributed by atoms with E-state index >= 15 is 0 Å². The molecular formula is C15H18ClN3O5S2. The summed E-state index contributed by atoms with van der Waals surface area (Å²) in [4.78, 5) is 12.5. The van der Waals surface area contributed by atoms with Gasteiger partial charge in [-0.15, -0.1) is 0 Å².